The van der Waals surface area contributed by atoms with Crippen molar-refractivity contribution in [1.29, 1.82) is 0 Å². The summed E-state index contributed by atoms with van der Waals surface area (Å²) < 4.78 is 0. The Labute approximate surface area is 140 Å². The Morgan fingerprint density at radius 3 is 2.70 bits per heavy atom. The molecular weight excluding hydrogens is 284 g/mol. The van der Waals surface area contributed by atoms with E-state index in [9.17, 15) is 4.79 Å². The number of anilines is 1. The number of piperidine rings is 1. The van der Waals surface area contributed by atoms with Gasteiger partial charge >= 0.3 is 0 Å². The maximum absolute atomic E-state index is 12.1. The van der Waals surface area contributed by atoms with Crippen molar-refractivity contribution < 1.29 is 4.79 Å². The number of likely N-dealkylation sites (tertiary alicyclic amines) is 1. The molecule has 1 saturated heterocycles. The number of benzene rings is 1. The molecule has 0 aliphatic carbocycles. The maximum Gasteiger partial charge on any atom is 0.224 e. The summed E-state index contributed by atoms with van der Waals surface area (Å²) in [6, 6.07) is 7.98. The highest BCUT2D eigenvalue weighted by Gasteiger charge is 2.19. The fourth-order valence-corrected chi connectivity index (χ4v) is 3.05. The lowest BCUT2D eigenvalue weighted by molar-refractivity contribution is -0.116. The summed E-state index contributed by atoms with van der Waals surface area (Å²) >= 11 is 0. The van der Waals surface area contributed by atoms with Crippen LogP contribution in [0.15, 0.2) is 35.9 Å². The van der Waals surface area contributed by atoms with Crippen LogP contribution in [0, 0.1) is 12.8 Å². The topological polar surface area (TPSA) is 32.3 Å². The molecule has 1 aromatic rings. The lowest BCUT2D eigenvalue weighted by atomic mass is 9.92. The van der Waals surface area contributed by atoms with Crippen LogP contribution < -0.4 is 5.32 Å². The van der Waals surface area contributed by atoms with Gasteiger partial charge in [-0.25, -0.2) is 0 Å². The fourth-order valence-electron chi connectivity index (χ4n) is 3.05. The van der Waals surface area contributed by atoms with E-state index in [0.717, 1.165) is 31.7 Å². The van der Waals surface area contributed by atoms with Gasteiger partial charge in [-0.2, -0.15) is 0 Å². The minimum Gasteiger partial charge on any atom is -0.326 e. The zero-order valence-electron chi connectivity index (χ0n) is 14.8. The third-order valence-corrected chi connectivity index (χ3v) is 4.55. The zero-order chi connectivity index (χ0) is 16.7. The first-order chi connectivity index (χ1) is 11.0. The molecule has 126 valence electrons. The first-order valence-electron chi connectivity index (χ1n) is 8.75. The molecule has 3 nitrogen and oxygen atoms in total. The van der Waals surface area contributed by atoms with Gasteiger partial charge in [0.05, 0.1) is 0 Å². The van der Waals surface area contributed by atoms with Crippen molar-refractivity contribution in [3.63, 3.8) is 0 Å². The quantitative estimate of drug-likeness (QED) is 0.790. The monoisotopic (exact) mass is 314 g/mol. The van der Waals surface area contributed by atoms with E-state index >= 15 is 0 Å². The molecule has 0 atom stereocenters. The van der Waals surface area contributed by atoms with Crippen LogP contribution in [0.4, 0.5) is 5.69 Å². The molecule has 2 rings (SSSR count). The number of allylic oxidation sites excluding steroid dienone is 1. The average molecular weight is 314 g/mol. The van der Waals surface area contributed by atoms with Gasteiger partial charge in [-0.3, -0.25) is 9.69 Å². The maximum atomic E-state index is 12.1. The molecule has 1 N–H and O–H groups in total. The van der Waals surface area contributed by atoms with Gasteiger partial charge in [0.1, 0.15) is 0 Å². The summed E-state index contributed by atoms with van der Waals surface area (Å²) in [6.45, 7) is 9.74. The Hall–Kier alpha value is -1.61. The summed E-state index contributed by atoms with van der Waals surface area (Å²) in [5.74, 6) is 0.837. The summed E-state index contributed by atoms with van der Waals surface area (Å²) in [6.07, 6.45) is 6.37. The van der Waals surface area contributed by atoms with Crippen molar-refractivity contribution in [3.05, 3.63) is 41.5 Å². The van der Waals surface area contributed by atoms with Gasteiger partial charge in [0, 0.05) is 18.7 Å². The summed E-state index contributed by atoms with van der Waals surface area (Å²) in [5.41, 5.74) is 3.47. The molecule has 3 heteroatoms. The van der Waals surface area contributed by atoms with Gasteiger partial charge in [0.25, 0.3) is 0 Å². The minimum atomic E-state index is 0.141. The standard InChI is InChI=1S/C20H30N2O/c1-16(2)9-12-22-13-10-18(11-14-22)7-8-20(23)21-19-6-4-5-17(3)15-19/h4-6,9,15,18H,7-8,10-14H2,1-3H3,(H,21,23). The summed E-state index contributed by atoms with van der Waals surface area (Å²) in [7, 11) is 0. The molecule has 1 aliphatic rings. The number of nitrogens with one attached hydrogen (secondary N) is 1. The number of carbonyl (C=O) groups is 1. The van der Waals surface area contributed by atoms with Crippen LogP contribution in [-0.2, 0) is 4.79 Å². The number of hydrogen-bond acceptors (Lipinski definition) is 2. The SMILES string of the molecule is CC(C)=CCN1CCC(CCC(=O)Nc2cccc(C)c2)CC1. The normalized spacial score (nSPS) is 16.1. The largest absolute Gasteiger partial charge is 0.326 e. The van der Waals surface area contributed by atoms with Crippen molar-refractivity contribution in [2.45, 2.75) is 46.5 Å². The highest BCUT2D eigenvalue weighted by atomic mass is 16.1. The van der Waals surface area contributed by atoms with Gasteiger partial charge in [0.2, 0.25) is 5.91 Å². The number of nitrogens with zero attached hydrogens (tertiary/aromatic N) is 1. The van der Waals surface area contributed by atoms with Crippen LogP contribution in [0.2, 0.25) is 0 Å². The lowest BCUT2D eigenvalue weighted by Gasteiger charge is -2.31. The van der Waals surface area contributed by atoms with Crippen molar-refractivity contribution in [1.82, 2.24) is 4.90 Å². The number of carbonyl (C=O) groups excluding carboxylic acids is 1. The average Bonchev–Trinajstić information content (AvgIpc) is 2.52. The molecule has 1 amide bonds. The second-order valence-corrected chi connectivity index (χ2v) is 6.98. The summed E-state index contributed by atoms with van der Waals surface area (Å²) in [5, 5.41) is 3.01. The summed E-state index contributed by atoms with van der Waals surface area (Å²) in [4.78, 5) is 14.6. The first kappa shape index (κ1) is 17.7. The lowest BCUT2D eigenvalue weighted by Crippen LogP contribution is -2.34. The van der Waals surface area contributed by atoms with Gasteiger partial charge in [0.15, 0.2) is 0 Å². The molecule has 0 radical (unpaired) electrons. The molecule has 1 aromatic carbocycles. The van der Waals surface area contributed by atoms with Crippen LogP contribution in [0.25, 0.3) is 0 Å². The van der Waals surface area contributed by atoms with Crippen molar-refractivity contribution >= 4 is 11.6 Å². The Balaban J connectivity index is 1.67. The highest BCUT2D eigenvalue weighted by molar-refractivity contribution is 5.90. The minimum absolute atomic E-state index is 0.141. The third kappa shape index (κ3) is 6.57. The smallest absolute Gasteiger partial charge is 0.224 e. The van der Waals surface area contributed by atoms with Gasteiger partial charge < -0.3 is 5.32 Å². The molecule has 0 aromatic heterocycles. The molecule has 23 heavy (non-hydrogen) atoms. The van der Waals surface area contributed by atoms with Crippen LogP contribution in [0.1, 0.15) is 45.1 Å². The van der Waals surface area contributed by atoms with E-state index in [4.69, 9.17) is 0 Å². The second kappa shape index (κ2) is 8.88. The van der Waals surface area contributed by atoms with Crippen molar-refractivity contribution in [2.75, 3.05) is 25.0 Å². The van der Waals surface area contributed by atoms with E-state index in [1.54, 1.807) is 0 Å². The van der Waals surface area contributed by atoms with E-state index in [0.29, 0.717) is 12.3 Å². The van der Waals surface area contributed by atoms with Crippen LogP contribution in [-0.4, -0.2) is 30.4 Å². The van der Waals surface area contributed by atoms with Gasteiger partial charge in [-0.05, 0) is 76.7 Å². The molecule has 1 aliphatic heterocycles. The van der Waals surface area contributed by atoms with Crippen LogP contribution in [0.5, 0.6) is 0 Å². The molecule has 0 bridgehead atoms. The molecule has 1 heterocycles. The number of rotatable bonds is 6. The van der Waals surface area contributed by atoms with Crippen LogP contribution in [0.3, 0.4) is 0 Å². The Morgan fingerprint density at radius 1 is 1.30 bits per heavy atom. The Morgan fingerprint density at radius 2 is 2.04 bits per heavy atom. The van der Waals surface area contributed by atoms with E-state index in [-0.39, 0.29) is 5.91 Å². The van der Waals surface area contributed by atoms with Crippen molar-refractivity contribution in [3.8, 4) is 0 Å². The third-order valence-electron chi connectivity index (χ3n) is 4.55. The Bertz CT molecular complexity index is 538. The van der Waals surface area contributed by atoms with Gasteiger partial charge in [-0.15, -0.1) is 0 Å². The fraction of sp³-hybridized carbons (Fsp3) is 0.550. The van der Waals surface area contributed by atoms with Crippen LogP contribution >= 0.6 is 0 Å². The zero-order valence-corrected chi connectivity index (χ0v) is 14.8. The number of hydrogen-bond donors (Lipinski definition) is 1. The first-order valence-corrected chi connectivity index (χ1v) is 8.75. The molecule has 1 fully saturated rings. The molecular formula is C20H30N2O. The highest BCUT2D eigenvalue weighted by Crippen LogP contribution is 2.22. The second-order valence-electron chi connectivity index (χ2n) is 6.98. The predicted molar refractivity (Wildman–Crippen MR) is 97.6 cm³/mol. The number of amides is 1. The van der Waals surface area contributed by atoms with E-state index in [2.05, 4.69) is 30.1 Å². The van der Waals surface area contributed by atoms with E-state index in [1.807, 2.05) is 31.2 Å². The predicted octanol–water partition coefficient (Wildman–Crippen LogP) is 4.39. The van der Waals surface area contributed by atoms with E-state index in [1.165, 1.54) is 24.0 Å². The molecule has 0 saturated carbocycles. The van der Waals surface area contributed by atoms with Gasteiger partial charge in [-0.1, -0.05) is 23.8 Å². The number of aryl methyl sites for hydroxylation is 1. The molecule has 0 unspecified atom stereocenters. The van der Waals surface area contributed by atoms with Crippen molar-refractivity contribution in [2.24, 2.45) is 5.92 Å². The van der Waals surface area contributed by atoms with E-state index < -0.39 is 0 Å². The Kier molecular flexibility index (Phi) is 6.85. The molecule has 0 spiro atoms.